The second-order valence-corrected chi connectivity index (χ2v) is 7.73. The Bertz CT molecular complexity index is 346. The Kier molecular flexibility index (Phi) is 5.04. The highest BCUT2D eigenvalue weighted by Crippen LogP contribution is 2.29. The molecule has 1 radical (unpaired) electrons. The molecule has 1 aliphatic carbocycles. The maximum absolute atomic E-state index is 12.1. The van der Waals surface area contributed by atoms with Crippen LogP contribution in [0.5, 0.6) is 0 Å². The normalized spacial score (nSPS) is 22.6. The zero-order chi connectivity index (χ0) is 13.0. The molecule has 2 rings (SSSR count). The molecule has 0 aromatic heterocycles. The highest BCUT2D eigenvalue weighted by Gasteiger charge is 2.25. The molecule has 0 N–H and O–H groups in total. The lowest BCUT2D eigenvalue weighted by Gasteiger charge is -2.26. The summed E-state index contributed by atoms with van der Waals surface area (Å²) in [5.41, 5.74) is 0. The summed E-state index contributed by atoms with van der Waals surface area (Å²) in [6.07, 6.45) is 7.45. The Morgan fingerprint density at radius 3 is 2.56 bits per heavy atom. The lowest BCUT2D eigenvalue weighted by atomic mass is 10.2. The molecule has 1 saturated carbocycles. The van der Waals surface area contributed by atoms with Crippen molar-refractivity contribution < 1.29 is 8.42 Å². The number of sulfonamides is 1. The van der Waals surface area contributed by atoms with Gasteiger partial charge in [-0.3, -0.25) is 0 Å². The summed E-state index contributed by atoms with van der Waals surface area (Å²) in [5.74, 6) is 1.19. The zero-order valence-corrected chi connectivity index (χ0v) is 12.2. The fraction of sp³-hybridized carbons (Fsp3) is 0.923. The van der Waals surface area contributed by atoms with Crippen molar-refractivity contribution in [3.63, 3.8) is 0 Å². The summed E-state index contributed by atoms with van der Waals surface area (Å²) in [7, 11) is -0.907. The number of rotatable bonds is 7. The molecule has 0 unspecified atom stereocenters. The van der Waals surface area contributed by atoms with Crippen LogP contribution in [0.25, 0.3) is 0 Å². The summed E-state index contributed by atoms with van der Waals surface area (Å²) in [6.45, 7) is 3.40. The first-order valence-electron chi connectivity index (χ1n) is 7.06. The largest absolute Gasteiger partial charge is 0.306 e. The molecular weight excluding hydrogens is 248 g/mol. The molecule has 2 fully saturated rings. The van der Waals surface area contributed by atoms with Crippen LogP contribution in [0.3, 0.4) is 0 Å². The van der Waals surface area contributed by atoms with E-state index < -0.39 is 10.0 Å². The van der Waals surface area contributed by atoms with Crippen molar-refractivity contribution >= 4 is 10.0 Å². The summed E-state index contributed by atoms with van der Waals surface area (Å²) >= 11 is 0. The molecule has 0 bridgehead atoms. The first-order chi connectivity index (χ1) is 8.58. The second-order valence-electron chi connectivity index (χ2n) is 5.64. The maximum atomic E-state index is 12.1. The van der Waals surface area contributed by atoms with Crippen molar-refractivity contribution in [2.24, 2.45) is 5.92 Å². The van der Waals surface area contributed by atoms with Gasteiger partial charge in [0.05, 0.1) is 5.75 Å². The Morgan fingerprint density at radius 2 is 1.94 bits per heavy atom. The molecule has 1 aliphatic heterocycles. The first-order valence-corrected chi connectivity index (χ1v) is 8.67. The van der Waals surface area contributed by atoms with Crippen LogP contribution in [0.2, 0.25) is 0 Å². The summed E-state index contributed by atoms with van der Waals surface area (Å²) < 4.78 is 25.9. The molecule has 0 amide bonds. The molecule has 0 aromatic rings. The number of hydrogen-bond donors (Lipinski definition) is 0. The van der Waals surface area contributed by atoms with Gasteiger partial charge in [-0.05, 0) is 58.0 Å². The fourth-order valence-corrected chi connectivity index (χ4v) is 4.00. The Labute approximate surface area is 111 Å². The first kappa shape index (κ1) is 14.3. The maximum Gasteiger partial charge on any atom is 0.214 e. The SMILES string of the molecule is CN(CCCS(=O)(=O)N1CC[CH]CC1)CC1CC1. The van der Waals surface area contributed by atoms with E-state index in [1.165, 1.54) is 12.8 Å². The van der Waals surface area contributed by atoms with Gasteiger partial charge in [-0.25, -0.2) is 12.7 Å². The Hall–Kier alpha value is -0.130. The van der Waals surface area contributed by atoms with E-state index in [1.807, 2.05) is 0 Å². The van der Waals surface area contributed by atoms with Gasteiger partial charge >= 0.3 is 0 Å². The highest BCUT2D eigenvalue weighted by atomic mass is 32.2. The fourth-order valence-electron chi connectivity index (χ4n) is 2.48. The van der Waals surface area contributed by atoms with E-state index in [0.29, 0.717) is 18.8 Å². The third-order valence-corrected chi connectivity index (χ3v) is 5.72. The quantitative estimate of drug-likeness (QED) is 0.703. The lowest BCUT2D eigenvalue weighted by molar-refractivity contribution is 0.319. The minimum atomic E-state index is -3.01. The van der Waals surface area contributed by atoms with Crippen molar-refractivity contribution in [2.45, 2.75) is 32.1 Å². The lowest BCUT2D eigenvalue weighted by Crippen LogP contribution is -2.38. The predicted molar refractivity (Wildman–Crippen MR) is 73.7 cm³/mol. The molecule has 18 heavy (non-hydrogen) atoms. The number of nitrogens with zero attached hydrogens (tertiary/aromatic N) is 2. The summed E-state index contributed by atoms with van der Waals surface area (Å²) in [6, 6.07) is 0. The molecule has 4 nitrogen and oxygen atoms in total. The van der Waals surface area contributed by atoms with Gasteiger partial charge in [0.2, 0.25) is 10.0 Å². The summed E-state index contributed by atoms with van der Waals surface area (Å²) in [5, 5.41) is 0. The third kappa shape index (κ3) is 4.52. The average Bonchev–Trinajstić information content (AvgIpc) is 3.14. The molecule has 0 spiro atoms. The highest BCUT2D eigenvalue weighted by molar-refractivity contribution is 7.89. The van der Waals surface area contributed by atoms with Crippen LogP contribution in [-0.4, -0.2) is 56.6 Å². The monoisotopic (exact) mass is 273 g/mol. The molecule has 2 aliphatic rings. The Balaban J connectivity index is 1.67. The molecule has 0 atom stereocenters. The smallest absolute Gasteiger partial charge is 0.214 e. The molecule has 0 aromatic carbocycles. The van der Waals surface area contributed by atoms with Gasteiger partial charge in [-0.15, -0.1) is 0 Å². The second kappa shape index (κ2) is 6.35. The van der Waals surface area contributed by atoms with Crippen molar-refractivity contribution in [1.29, 1.82) is 0 Å². The van der Waals surface area contributed by atoms with Crippen LogP contribution in [0.1, 0.15) is 32.1 Å². The average molecular weight is 273 g/mol. The molecule has 5 heteroatoms. The van der Waals surface area contributed by atoms with Crippen LogP contribution >= 0.6 is 0 Å². The van der Waals surface area contributed by atoms with E-state index in [4.69, 9.17) is 0 Å². The zero-order valence-electron chi connectivity index (χ0n) is 11.3. The van der Waals surface area contributed by atoms with Crippen LogP contribution in [0.15, 0.2) is 0 Å². The van der Waals surface area contributed by atoms with Crippen molar-refractivity contribution in [2.75, 3.05) is 39.0 Å². The van der Waals surface area contributed by atoms with E-state index in [0.717, 1.165) is 38.3 Å². The van der Waals surface area contributed by atoms with Gasteiger partial charge in [0.25, 0.3) is 0 Å². The van der Waals surface area contributed by atoms with Gasteiger partial charge in [-0.2, -0.15) is 0 Å². The van der Waals surface area contributed by atoms with Crippen molar-refractivity contribution in [1.82, 2.24) is 9.21 Å². The van der Waals surface area contributed by atoms with E-state index in [2.05, 4.69) is 18.4 Å². The van der Waals surface area contributed by atoms with Crippen molar-refractivity contribution in [3.05, 3.63) is 6.42 Å². The van der Waals surface area contributed by atoms with E-state index in [1.54, 1.807) is 4.31 Å². The van der Waals surface area contributed by atoms with Crippen LogP contribution in [0.4, 0.5) is 0 Å². The molecular formula is C13H25N2O2S. The standard InChI is InChI=1S/C13H25N2O2S/c1-14(12-13-6-7-13)8-5-11-18(16,17)15-9-3-2-4-10-15/h2,13H,3-12H2,1H3. The summed E-state index contributed by atoms with van der Waals surface area (Å²) in [4.78, 5) is 2.27. The minimum Gasteiger partial charge on any atom is -0.306 e. The van der Waals surface area contributed by atoms with Crippen LogP contribution in [0, 0.1) is 12.3 Å². The minimum absolute atomic E-state index is 0.308. The Morgan fingerprint density at radius 1 is 1.28 bits per heavy atom. The third-order valence-electron chi connectivity index (χ3n) is 3.77. The number of hydrogen-bond acceptors (Lipinski definition) is 3. The van der Waals surface area contributed by atoms with E-state index >= 15 is 0 Å². The van der Waals surface area contributed by atoms with Gasteiger partial charge in [0.1, 0.15) is 0 Å². The topological polar surface area (TPSA) is 40.6 Å². The van der Waals surface area contributed by atoms with Crippen LogP contribution in [-0.2, 0) is 10.0 Å². The van der Waals surface area contributed by atoms with Gasteiger partial charge in [0.15, 0.2) is 0 Å². The predicted octanol–water partition coefficient (Wildman–Crippen LogP) is 1.35. The van der Waals surface area contributed by atoms with Crippen LogP contribution < -0.4 is 0 Å². The van der Waals surface area contributed by atoms with Gasteiger partial charge < -0.3 is 4.90 Å². The van der Waals surface area contributed by atoms with E-state index in [9.17, 15) is 8.42 Å². The van der Waals surface area contributed by atoms with Gasteiger partial charge in [-0.1, -0.05) is 0 Å². The van der Waals surface area contributed by atoms with E-state index in [-0.39, 0.29) is 0 Å². The van der Waals surface area contributed by atoms with Gasteiger partial charge in [0, 0.05) is 19.6 Å². The molecule has 1 heterocycles. The molecule has 105 valence electrons. The number of piperidine rings is 1. The van der Waals surface area contributed by atoms with Crippen molar-refractivity contribution in [3.8, 4) is 0 Å². The molecule has 1 saturated heterocycles.